The molecule has 1 aromatic carbocycles. The molecule has 0 saturated heterocycles. The molecule has 0 unspecified atom stereocenters. The van der Waals surface area contributed by atoms with Crippen molar-refractivity contribution in [1.82, 2.24) is 5.32 Å². The Labute approximate surface area is 123 Å². The average Bonchev–Trinajstić information content (AvgIpc) is 2.41. The standard InChI is InChI=1S/C17H29NO2/c1-17(2,3)18-12-8-6-7-9-14-10-11-15(19-4)13-16(14)20-5/h10-11,13,18H,6-9,12H2,1-5H3. The summed E-state index contributed by atoms with van der Waals surface area (Å²) in [5.41, 5.74) is 1.48. The summed E-state index contributed by atoms with van der Waals surface area (Å²) in [4.78, 5) is 0. The van der Waals surface area contributed by atoms with Gasteiger partial charge in [0.05, 0.1) is 14.2 Å². The SMILES string of the molecule is COc1ccc(CCCCCNC(C)(C)C)c(OC)c1. The second kappa shape index (κ2) is 8.15. The molecule has 0 atom stereocenters. The molecule has 3 heteroatoms. The molecular weight excluding hydrogens is 250 g/mol. The van der Waals surface area contributed by atoms with E-state index in [2.05, 4.69) is 32.2 Å². The molecule has 0 bridgehead atoms. The van der Waals surface area contributed by atoms with Gasteiger partial charge in [-0.15, -0.1) is 0 Å². The Morgan fingerprint density at radius 2 is 1.75 bits per heavy atom. The Morgan fingerprint density at radius 3 is 2.35 bits per heavy atom. The minimum absolute atomic E-state index is 0.221. The summed E-state index contributed by atoms with van der Waals surface area (Å²) in [6.45, 7) is 7.70. The van der Waals surface area contributed by atoms with Crippen molar-refractivity contribution in [3.05, 3.63) is 23.8 Å². The Hall–Kier alpha value is -1.22. The van der Waals surface area contributed by atoms with E-state index in [-0.39, 0.29) is 5.54 Å². The highest BCUT2D eigenvalue weighted by Crippen LogP contribution is 2.25. The van der Waals surface area contributed by atoms with Crippen molar-refractivity contribution >= 4 is 0 Å². The maximum Gasteiger partial charge on any atom is 0.125 e. The van der Waals surface area contributed by atoms with Crippen molar-refractivity contribution in [2.45, 2.75) is 52.0 Å². The number of rotatable bonds is 8. The summed E-state index contributed by atoms with van der Waals surface area (Å²) < 4.78 is 10.6. The molecule has 0 aliphatic carbocycles. The van der Waals surface area contributed by atoms with Gasteiger partial charge in [0.25, 0.3) is 0 Å². The minimum atomic E-state index is 0.221. The number of hydrogen-bond donors (Lipinski definition) is 1. The Morgan fingerprint density at radius 1 is 1.00 bits per heavy atom. The third-order valence-electron chi connectivity index (χ3n) is 3.27. The van der Waals surface area contributed by atoms with Crippen molar-refractivity contribution in [1.29, 1.82) is 0 Å². The first kappa shape index (κ1) is 16.8. The van der Waals surface area contributed by atoms with Crippen molar-refractivity contribution in [3.63, 3.8) is 0 Å². The molecule has 0 amide bonds. The first-order chi connectivity index (χ1) is 9.46. The van der Waals surface area contributed by atoms with E-state index in [0.29, 0.717) is 0 Å². The van der Waals surface area contributed by atoms with Gasteiger partial charge in [-0.1, -0.05) is 12.5 Å². The predicted molar refractivity (Wildman–Crippen MR) is 84.9 cm³/mol. The van der Waals surface area contributed by atoms with Crippen LogP contribution in [0.4, 0.5) is 0 Å². The normalized spacial score (nSPS) is 11.4. The van der Waals surface area contributed by atoms with E-state index < -0.39 is 0 Å². The summed E-state index contributed by atoms with van der Waals surface area (Å²) in [5.74, 6) is 1.78. The lowest BCUT2D eigenvalue weighted by atomic mass is 10.0. The first-order valence-electron chi connectivity index (χ1n) is 7.42. The van der Waals surface area contributed by atoms with Crippen LogP contribution in [0.15, 0.2) is 18.2 Å². The van der Waals surface area contributed by atoms with Crippen molar-refractivity contribution in [3.8, 4) is 11.5 Å². The quantitative estimate of drug-likeness (QED) is 0.734. The number of unbranched alkanes of at least 4 members (excludes halogenated alkanes) is 2. The van der Waals surface area contributed by atoms with Crippen LogP contribution in [0.25, 0.3) is 0 Å². The largest absolute Gasteiger partial charge is 0.497 e. The van der Waals surface area contributed by atoms with Gasteiger partial charge in [-0.2, -0.15) is 0 Å². The highest BCUT2D eigenvalue weighted by Gasteiger charge is 2.07. The Balaban J connectivity index is 2.31. The summed E-state index contributed by atoms with van der Waals surface area (Å²) in [6, 6.07) is 6.06. The van der Waals surface area contributed by atoms with Crippen molar-refractivity contribution in [2.24, 2.45) is 0 Å². The number of methoxy groups -OCH3 is 2. The molecule has 1 aromatic rings. The van der Waals surface area contributed by atoms with Gasteiger partial charge in [0, 0.05) is 11.6 Å². The van der Waals surface area contributed by atoms with Gasteiger partial charge in [0.2, 0.25) is 0 Å². The number of hydrogen-bond acceptors (Lipinski definition) is 3. The summed E-state index contributed by atoms with van der Waals surface area (Å²) >= 11 is 0. The summed E-state index contributed by atoms with van der Waals surface area (Å²) in [5, 5.41) is 3.52. The van der Waals surface area contributed by atoms with Crippen LogP contribution in [0.5, 0.6) is 11.5 Å². The van der Waals surface area contributed by atoms with Gasteiger partial charge >= 0.3 is 0 Å². The van der Waals surface area contributed by atoms with E-state index in [4.69, 9.17) is 9.47 Å². The summed E-state index contributed by atoms with van der Waals surface area (Å²) in [6.07, 6.45) is 4.70. The lowest BCUT2D eigenvalue weighted by Gasteiger charge is -2.20. The Bertz CT molecular complexity index is 396. The van der Waals surface area contributed by atoms with Gasteiger partial charge in [0.1, 0.15) is 11.5 Å². The summed E-state index contributed by atoms with van der Waals surface area (Å²) in [7, 11) is 3.39. The van der Waals surface area contributed by atoms with Gasteiger partial charge in [-0.25, -0.2) is 0 Å². The third kappa shape index (κ3) is 6.29. The van der Waals surface area contributed by atoms with Crippen LogP contribution >= 0.6 is 0 Å². The fourth-order valence-corrected chi connectivity index (χ4v) is 2.14. The second-order valence-electron chi connectivity index (χ2n) is 6.17. The molecule has 0 radical (unpaired) electrons. The molecule has 0 spiro atoms. The molecule has 0 aliphatic heterocycles. The molecule has 0 fully saturated rings. The number of benzene rings is 1. The number of ether oxygens (including phenoxy) is 2. The Kier molecular flexibility index (Phi) is 6.86. The van der Waals surface area contributed by atoms with Crippen molar-refractivity contribution < 1.29 is 9.47 Å². The van der Waals surface area contributed by atoms with Crippen molar-refractivity contribution in [2.75, 3.05) is 20.8 Å². The molecular formula is C17H29NO2. The molecule has 1 rings (SSSR count). The molecule has 20 heavy (non-hydrogen) atoms. The van der Waals surface area contributed by atoms with E-state index in [1.54, 1.807) is 14.2 Å². The maximum atomic E-state index is 5.42. The van der Waals surface area contributed by atoms with Gasteiger partial charge in [0.15, 0.2) is 0 Å². The van der Waals surface area contributed by atoms with Crippen LogP contribution in [-0.4, -0.2) is 26.3 Å². The van der Waals surface area contributed by atoms with E-state index in [1.165, 1.54) is 24.8 Å². The maximum absolute atomic E-state index is 5.42. The topological polar surface area (TPSA) is 30.5 Å². The number of aryl methyl sites for hydroxylation is 1. The van der Waals surface area contributed by atoms with Crippen LogP contribution < -0.4 is 14.8 Å². The van der Waals surface area contributed by atoms with Crippen LogP contribution in [0.3, 0.4) is 0 Å². The highest BCUT2D eigenvalue weighted by molar-refractivity contribution is 5.40. The third-order valence-corrected chi connectivity index (χ3v) is 3.27. The van der Waals surface area contributed by atoms with E-state index in [9.17, 15) is 0 Å². The molecule has 114 valence electrons. The zero-order valence-electron chi connectivity index (χ0n) is 13.6. The minimum Gasteiger partial charge on any atom is -0.497 e. The molecule has 0 heterocycles. The molecule has 1 N–H and O–H groups in total. The van der Waals surface area contributed by atoms with Crippen LogP contribution in [-0.2, 0) is 6.42 Å². The zero-order chi connectivity index (χ0) is 15.0. The van der Waals surface area contributed by atoms with Crippen LogP contribution in [0.2, 0.25) is 0 Å². The average molecular weight is 279 g/mol. The first-order valence-corrected chi connectivity index (χ1v) is 7.42. The van der Waals surface area contributed by atoms with Crippen LogP contribution in [0.1, 0.15) is 45.6 Å². The van der Waals surface area contributed by atoms with Gasteiger partial charge < -0.3 is 14.8 Å². The molecule has 0 aromatic heterocycles. The fourth-order valence-electron chi connectivity index (χ4n) is 2.14. The van der Waals surface area contributed by atoms with E-state index in [0.717, 1.165) is 24.5 Å². The van der Waals surface area contributed by atoms with E-state index >= 15 is 0 Å². The second-order valence-corrected chi connectivity index (χ2v) is 6.17. The molecule has 0 saturated carbocycles. The number of nitrogens with one attached hydrogen (secondary N) is 1. The lowest BCUT2D eigenvalue weighted by Crippen LogP contribution is -2.36. The van der Waals surface area contributed by atoms with Gasteiger partial charge in [-0.3, -0.25) is 0 Å². The molecule has 3 nitrogen and oxygen atoms in total. The zero-order valence-corrected chi connectivity index (χ0v) is 13.6. The van der Waals surface area contributed by atoms with Gasteiger partial charge in [-0.05, 0) is 58.2 Å². The fraction of sp³-hybridized carbons (Fsp3) is 0.647. The molecule has 0 aliphatic rings. The lowest BCUT2D eigenvalue weighted by molar-refractivity contribution is 0.390. The highest BCUT2D eigenvalue weighted by atomic mass is 16.5. The predicted octanol–water partition coefficient (Wildman–Crippen LogP) is 3.80. The monoisotopic (exact) mass is 279 g/mol. The van der Waals surface area contributed by atoms with E-state index in [1.807, 2.05) is 12.1 Å². The van der Waals surface area contributed by atoms with Crippen LogP contribution in [0, 0.1) is 0 Å². The smallest absolute Gasteiger partial charge is 0.125 e.